The van der Waals surface area contributed by atoms with Crippen LogP contribution in [-0.4, -0.2) is 19.8 Å². The highest BCUT2D eigenvalue weighted by Gasteiger charge is 1.94. The number of benzene rings is 1. The minimum absolute atomic E-state index is 0. The first kappa shape index (κ1) is 17.4. The van der Waals surface area contributed by atoms with Gasteiger partial charge in [0.25, 0.3) is 0 Å². The Bertz CT molecular complexity index is 292. The highest BCUT2D eigenvalue weighted by molar-refractivity contribution is 5.85. The van der Waals surface area contributed by atoms with Crippen molar-refractivity contribution in [1.82, 2.24) is 5.32 Å². The lowest BCUT2D eigenvalue weighted by molar-refractivity contribution is 0.129. The first-order chi connectivity index (χ1) is 8.33. The van der Waals surface area contributed by atoms with E-state index in [4.69, 9.17) is 4.74 Å². The van der Waals surface area contributed by atoms with Gasteiger partial charge in [0.15, 0.2) is 0 Å². The molecule has 0 aliphatic carbocycles. The molecule has 0 heterocycles. The minimum Gasteiger partial charge on any atom is -0.381 e. The average molecular weight is 276 g/mol. The molecule has 0 atom stereocenters. The lowest BCUT2D eigenvalue weighted by atomic mass is 10.2. The van der Waals surface area contributed by atoms with Gasteiger partial charge in [-0.3, -0.25) is 0 Å². The predicted octanol–water partition coefficient (Wildman–Crippen LogP) is 3.54. The zero-order chi connectivity index (χ0) is 12.3. The molecule has 2 nitrogen and oxygen atoms in total. The van der Waals surface area contributed by atoms with Crippen LogP contribution in [0.1, 0.15) is 31.7 Å². The summed E-state index contributed by atoms with van der Waals surface area (Å²) in [7, 11) is 0. The fraction of sp³-hybridized carbons (Fsp3) is 0.571. The third kappa shape index (κ3) is 8.45. The Morgan fingerprint density at radius 1 is 1.11 bits per heavy atom. The van der Waals surface area contributed by atoms with Crippen molar-refractivity contribution < 1.29 is 9.13 Å². The maximum absolute atomic E-state index is 12.6. The highest BCUT2D eigenvalue weighted by Crippen LogP contribution is 2.01. The Balaban J connectivity index is 0.00000289. The quantitative estimate of drug-likeness (QED) is 0.696. The van der Waals surface area contributed by atoms with Gasteiger partial charge < -0.3 is 10.1 Å². The predicted molar refractivity (Wildman–Crippen MR) is 75.7 cm³/mol. The van der Waals surface area contributed by atoms with Crippen molar-refractivity contribution in [3.63, 3.8) is 0 Å². The van der Waals surface area contributed by atoms with E-state index in [1.54, 1.807) is 12.1 Å². The van der Waals surface area contributed by atoms with Gasteiger partial charge >= 0.3 is 0 Å². The van der Waals surface area contributed by atoms with Crippen LogP contribution in [-0.2, 0) is 11.3 Å². The van der Waals surface area contributed by atoms with E-state index in [1.165, 1.54) is 18.6 Å². The van der Waals surface area contributed by atoms with Crippen LogP contribution in [0, 0.1) is 5.82 Å². The number of hydrogen-bond acceptors (Lipinski definition) is 2. The van der Waals surface area contributed by atoms with Crippen LogP contribution in [0.3, 0.4) is 0 Å². The normalized spacial score (nSPS) is 10.1. The zero-order valence-corrected chi connectivity index (χ0v) is 11.8. The van der Waals surface area contributed by atoms with Gasteiger partial charge in [0.2, 0.25) is 0 Å². The molecule has 1 aromatic carbocycles. The van der Waals surface area contributed by atoms with Gasteiger partial charge in [-0.05, 0) is 37.1 Å². The molecule has 4 heteroatoms. The number of hydrogen-bond donors (Lipinski definition) is 1. The van der Waals surface area contributed by atoms with E-state index in [0.29, 0.717) is 0 Å². The largest absolute Gasteiger partial charge is 0.381 e. The monoisotopic (exact) mass is 275 g/mol. The number of ether oxygens (including phenoxy) is 1. The number of rotatable bonds is 9. The molecule has 1 N–H and O–H groups in total. The van der Waals surface area contributed by atoms with Crippen molar-refractivity contribution in [2.45, 2.75) is 32.7 Å². The minimum atomic E-state index is -0.182. The molecule has 0 saturated heterocycles. The topological polar surface area (TPSA) is 21.3 Å². The third-order valence-electron chi connectivity index (χ3n) is 2.53. The van der Waals surface area contributed by atoms with Gasteiger partial charge in [-0.25, -0.2) is 4.39 Å². The number of nitrogens with one attached hydrogen (secondary N) is 1. The molecule has 104 valence electrons. The molecule has 0 unspecified atom stereocenters. The molecule has 18 heavy (non-hydrogen) atoms. The van der Waals surface area contributed by atoms with Crippen LogP contribution >= 0.6 is 12.4 Å². The fourth-order valence-electron chi connectivity index (χ4n) is 1.48. The van der Waals surface area contributed by atoms with Crippen LogP contribution in [0.15, 0.2) is 24.3 Å². The van der Waals surface area contributed by atoms with Gasteiger partial charge in [0, 0.05) is 19.8 Å². The van der Waals surface area contributed by atoms with Crippen molar-refractivity contribution in [2.75, 3.05) is 19.8 Å². The smallest absolute Gasteiger partial charge is 0.123 e. The van der Waals surface area contributed by atoms with E-state index in [9.17, 15) is 4.39 Å². The Hall–Kier alpha value is -0.640. The van der Waals surface area contributed by atoms with Gasteiger partial charge in [0.05, 0.1) is 0 Å². The maximum Gasteiger partial charge on any atom is 0.123 e. The van der Waals surface area contributed by atoms with Gasteiger partial charge in [0.1, 0.15) is 5.82 Å². The Kier molecular flexibility index (Phi) is 11.0. The molecule has 0 bridgehead atoms. The summed E-state index contributed by atoms with van der Waals surface area (Å²) >= 11 is 0. The maximum atomic E-state index is 12.6. The second kappa shape index (κ2) is 11.5. The second-order valence-electron chi connectivity index (χ2n) is 4.12. The van der Waals surface area contributed by atoms with Crippen LogP contribution in [0.25, 0.3) is 0 Å². The number of unbranched alkanes of at least 4 members (excludes halogenated alkanes) is 1. The van der Waals surface area contributed by atoms with Gasteiger partial charge in [-0.1, -0.05) is 25.5 Å². The molecular weight excluding hydrogens is 253 g/mol. The van der Waals surface area contributed by atoms with E-state index in [-0.39, 0.29) is 18.2 Å². The Labute approximate surface area is 115 Å². The SMILES string of the molecule is CCCCOCCCNCc1ccc(F)cc1.Cl. The summed E-state index contributed by atoms with van der Waals surface area (Å²) in [4.78, 5) is 0. The molecular formula is C14H23ClFNO. The molecule has 0 saturated carbocycles. The Morgan fingerprint density at radius 2 is 1.78 bits per heavy atom. The van der Waals surface area contributed by atoms with E-state index in [2.05, 4.69) is 12.2 Å². The van der Waals surface area contributed by atoms with Crippen LogP contribution in [0.4, 0.5) is 4.39 Å². The first-order valence-electron chi connectivity index (χ1n) is 6.36. The van der Waals surface area contributed by atoms with Crippen molar-refractivity contribution >= 4 is 12.4 Å². The van der Waals surface area contributed by atoms with Crippen LogP contribution in [0.2, 0.25) is 0 Å². The van der Waals surface area contributed by atoms with Gasteiger partial charge in [-0.2, -0.15) is 0 Å². The van der Waals surface area contributed by atoms with Gasteiger partial charge in [-0.15, -0.1) is 12.4 Å². The standard InChI is InChI=1S/C14H22FNO.ClH/c1-2-3-10-17-11-4-9-16-12-13-5-7-14(15)8-6-13;/h5-8,16H,2-4,9-12H2,1H3;1H. The molecule has 1 aromatic rings. The lowest BCUT2D eigenvalue weighted by Gasteiger charge is -2.05. The highest BCUT2D eigenvalue weighted by atomic mass is 35.5. The molecule has 0 spiro atoms. The summed E-state index contributed by atoms with van der Waals surface area (Å²) in [6, 6.07) is 6.59. The zero-order valence-electron chi connectivity index (χ0n) is 11.0. The van der Waals surface area contributed by atoms with E-state index in [1.807, 2.05) is 0 Å². The first-order valence-corrected chi connectivity index (χ1v) is 6.36. The van der Waals surface area contributed by atoms with E-state index >= 15 is 0 Å². The summed E-state index contributed by atoms with van der Waals surface area (Å²) in [6.45, 7) is 5.57. The summed E-state index contributed by atoms with van der Waals surface area (Å²) in [5.74, 6) is -0.182. The summed E-state index contributed by atoms with van der Waals surface area (Å²) < 4.78 is 18.1. The lowest BCUT2D eigenvalue weighted by Crippen LogP contribution is -2.16. The molecule has 0 aliphatic rings. The average Bonchev–Trinajstić information content (AvgIpc) is 2.35. The molecule has 0 amide bonds. The second-order valence-corrected chi connectivity index (χ2v) is 4.12. The van der Waals surface area contributed by atoms with Crippen LogP contribution in [0.5, 0.6) is 0 Å². The van der Waals surface area contributed by atoms with Crippen molar-refractivity contribution in [1.29, 1.82) is 0 Å². The van der Waals surface area contributed by atoms with E-state index < -0.39 is 0 Å². The van der Waals surface area contributed by atoms with Crippen molar-refractivity contribution in [3.8, 4) is 0 Å². The molecule has 0 aromatic heterocycles. The summed E-state index contributed by atoms with van der Waals surface area (Å²) in [5, 5.41) is 3.31. The summed E-state index contributed by atoms with van der Waals surface area (Å²) in [5.41, 5.74) is 1.11. The third-order valence-corrected chi connectivity index (χ3v) is 2.53. The molecule has 0 fully saturated rings. The van der Waals surface area contributed by atoms with Crippen LogP contribution < -0.4 is 5.32 Å². The van der Waals surface area contributed by atoms with E-state index in [0.717, 1.165) is 44.7 Å². The molecule has 0 aliphatic heterocycles. The number of halogens is 2. The Morgan fingerprint density at radius 3 is 2.44 bits per heavy atom. The summed E-state index contributed by atoms with van der Waals surface area (Å²) in [6.07, 6.45) is 3.34. The molecule has 0 radical (unpaired) electrons. The molecule has 1 rings (SSSR count). The fourth-order valence-corrected chi connectivity index (χ4v) is 1.48. The van der Waals surface area contributed by atoms with Crippen molar-refractivity contribution in [3.05, 3.63) is 35.6 Å². The van der Waals surface area contributed by atoms with Crippen molar-refractivity contribution in [2.24, 2.45) is 0 Å².